The molecule has 2 aromatic carbocycles. The average Bonchev–Trinajstić information content (AvgIpc) is 2.46. The number of nitrogens with zero attached hydrogens (tertiary/aromatic N) is 1. The van der Waals surface area contributed by atoms with Crippen LogP contribution in [0.1, 0.15) is 27.7 Å². The summed E-state index contributed by atoms with van der Waals surface area (Å²) in [5, 5.41) is 11.3. The van der Waals surface area contributed by atoms with Crippen LogP contribution >= 0.6 is 0 Å². The van der Waals surface area contributed by atoms with Crippen molar-refractivity contribution in [1.82, 2.24) is 0 Å². The van der Waals surface area contributed by atoms with Crippen molar-refractivity contribution in [3.8, 4) is 0 Å². The standard InChI is InChI=1S/C18H21NO3/c1-12(16(20)21)19(17(22)18(2,3)4)15-11-7-9-13-8-5-6-10-14(13)15/h5-12H,1-4H3,(H,20,21). The lowest BCUT2D eigenvalue weighted by Crippen LogP contribution is -2.48. The van der Waals surface area contributed by atoms with Gasteiger partial charge in [-0.2, -0.15) is 0 Å². The number of hydrogen-bond donors (Lipinski definition) is 1. The first-order valence-electron chi connectivity index (χ1n) is 7.27. The zero-order valence-corrected chi connectivity index (χ0v) is 13.3. The van der Waals surface area contributed by atoms with Gasteiger partial charge in [-0.05, 0) is 18.4 Å². The smallest absolute Gasteiger partial charge is 0.326 e. The minimum atomic E-state index is -1.02. The van der Waals surface area contributed by atoms with Gasteiger partial charge in [-0.25, -0.2) is 4.79 Å². The highest BCUT2D eigenvalue weighted by atomic mass is 16.4. The van der Waals surface area contributed by atoms with Gasteiger partial charge in [0, 0.05) is 10.8 Å². The Kier molecular flexibility index (Phi) is 4.22. The van der Waals surface area contributed by atoms with Gasteiger partial charge in [0.25, 0.3) is 0 Å². The van der Waals surface area contributed by atoms with E-state index in [1.54, 1.807) is 26.8 Å². The molecule has 116 valence electrons. The first-order chi connectivity index (χ1) is 10.2. The van der Waals surface area contributed by atoms with Crippen LogP contribution in [0, 0.1) is 5.41 Å². The molecule has 1 atom stereocenters. The molecule has 0 aromatic heterocycles. The monoisotopic (exact) mass is 299 g/mol. The Balaban J connectivity index is 2.67. The third-order valence-corrected chi connectivity index (χ3v) is 3.63. The van der Waals surface area contributed by atoms with Gasteiger partial charge in [0.2, 0.25) is 5.91 Å². The zero-order chi connectivity index (χ0) is 16.5. The van der Waals surface area contributed by atoms with Crippen LogP contribution in [0.15, 0.2) is 42.5 Å². The number of carboxylic acids is 1. The Morgan fingerprint density at radius 2 is 1.64 bits per heavy atom. The third kappa shape index (κ3) is 2.96. The Hall–Kier alpha value is -2.36. The van der Waals surface area contributed by atoms with Crippen LogP contribution in [0.5, 0.6) is 0 Å². The summed E-state index contributed by atoms with van der Waals surface area (Å²) in [5.41, 5.74) is -0.0337. The largest absolute Gasteiger partial charge is 0.480 e. The molecule has 1 unspecified atom stereocenters. The molecule has 0 bridgehead atoms. The van der Waals surface area contributed by atoms with E-state index in [-0.39, 0.29) is 5.91 Å². The SMILES string of the molecule is CC(C(=O)O)N(C(=O)C(C)(C)C)c1cccc2ccccc12. The van der Waals surface area contributed by atoms with E-state index in [4.69, 9.17) is 0 Å². The Morgan fingerprint density at radius 1 is 1.05 bits per heavy atom. The number of anilines is 1. The second kappa shape index (κ2) is 5.79. The molecule has 0 saturated carbocycles. The molecule has 22 heavy (non-hydrogen) atoms. The minimum Gasteiger partial charge on any atom is -0.480 e. The van der Waals surface area contributed by atoms with Gasteiger partial charge in [-0.1, -0.05) is 57.2 Å². The molecule has 0 fully saturated rings. The maximum atomic E-state index is 12.8. The van der Waals surface area contributed by atoms with Gasteiger partial charge in [0.15, 0.2) is 0 Å². The van der Waals surface area contributed by atoms with Crippen molar-refractivity contribution in [3.05, 3.63) is 42.5 Å². The molecule has 4 heteroatoms. The molecule has 2 rings (SSSR count). The second-order valence-electron chi connectivity index (χ2n) is 6.44. The molecule has 0 heterocycles. The van der Waals surface area contributed by atoms with Crippen molar-refractivity contribution >= 4 is 28.3 Å². The summed E-state index contributed by atoms with van der Waals surface area (Å²) < 4.78 is 0. The molecule has 0 radical (unpaired) electrons. The fourth-order valence-electron chi connectivity index (χ4n) is 2.38. The summed E-state index contributed by atoms with van der Waals surface area (Å²) in [6.45, 7) is 6.92. The Labute approximate surface area is 130 Å². The number of fused-ring (bicyclic) bond motifs is 1. The number of carbonyl (C=O) groups is 2. The summed E-state index contributed by atoms with van der Waals surface area (Å²) in [7, 11) is 0. The van der Waals surface area contributed by atoms with E-state index in [1.165, 1.54) is 11.8 Å². The van der Waals surface area contributed by atoms with Gasteiger partial charge in [0.1, 0.15) is 6.04 Å². The average molecular weight is 299 g/mol. The van der Waals surface area contributed by atoms with Gasteiger partial charge in [-0.3, -0.25) is 9.69 Å². The highest BCUT2D eigenvalue weighted by Gasteiger charge is 2.34. The predicted molar refractivity (Wildman–Crippen MR) is 88.0 cm³/mol. The van der Waals surface area contributed by atoms with E-state index >= 15 is 0 Å². The number of carboxylic acid groups (broad SMARTS) is 1. The van der Waals surface area contributed by atoms with Crippen LogP contribution in [0.2, 0.25) is 0 Å². The van der Waals surface area contributed by atoms with Crippen molar-refractivity contribution < 1.29 is 14.7 Å². The van der Waals surface area contributed by atoms with Gasteiger partial charge >= 0.3 is 5.97 Å². The highest BCUT2D eigenvalue weighted by molar-refractivity contribution is 6.08. The molecular formula is C18H21NO3. The molecule has 0 aliphatic carbocycles. The van der Waals surface area contributed by atoms with E-state index in [0.29, 0.717) is 5.69 Å². The van der Waals surface area contributed by atoms with E-state index in [9.17, 15) is 14.7 Å². The van der Waals surface area contributed by atoms with Crippen LogP contribution in [0.4, 0.5) is 5.69 Å². The van der Waals surface area contributed by atoms with E-state index in [2.05, 4.69) is 0 Å². The predicted octanol–water partition coefficient (Wildman–Crippen LogP) is 3.69. The van der Waals surface area contributed by atoms with Crippen molar-refractivity contribution in [2.75, 3.05) is 4.90 Å². The fourth-order valence-corrected chi connectivity index (χ4v) is 2.38. The molecule has 1 N–H and O–H groups in total. The summed E-state index contributed by atoms with van der Waals surface area (Å²) in [4.78, 5) is 25.7. The molecule has 4 nitrogen and oxygen atoms in total. The summed E-state index contributed by atoms with van der Waals surface area (Å²) in [6, 6.07) is 12.3. The van der Waals surface area contributed by atoms with Crippen LogP contribution in [0.3, 0.4) is 0 Å². The zero-order valence-electron chi connectivity index (χ0n) is 13.3. The third-order valence-electron chi connectivity index (χ3n) is 3.63. The van der Waals surface area contributed by atoms with Gasteiger partial charge in [0.05, 0.1) is 5.69 Å². The van der Waals surface area contributed by atoms with Crippen molar-refractivity contribution in [1.29, 1.82) is 0 Å². The molecule has 1 amide bonds. The van der Waals surface area contributed by atoms with Gasteiger partial charge < -0.3 is 5.11 Å². The van der Waals surface area contributed by atoms with E-state index in [0.717, 1.165) is 10.8 Å². The Morgan fingerprint density at radius 3 is 2.23 bits per heavy atom. The number of benzene rings is 2. The number of rotatable bonds is 3. The van der Waals surface area contributed by atoms with E-state index in [1.807, 2.05) is 36.4 Å². The molecule has 2 aromatic rings. The lowest BCUT2D eigenvalue weighted by atomic mass is 9.93. The van der Waals surface area contributed by atoms with Crippen molar-refractivity contribution in [2.45, 2.75) is 33.7 Å². The second-order valence-corrected chi connectivity index (χ2v) is 6.44. The van der Waals surface area contributed by atoms with Gasteiger partial charge in [-0.15, -0.1) is 0 Å². The lowest BCUT2D eigenvalue weighted by molar-refractivity contribution is -0.140. The first kappa shape index (κ1) is 16.0. The first-order valence-corrected chi connectivity index (χ1v) is 7.27. The number of hydrogen-bond acceptors (Lipinski definition) is 2. The van der Waals surface area contributed by atoms with Crippen LogP contribution in [-0.2, 0) is 9.59 Å². The minimum absolute atomic E-state index is 0.209. The number of amides is 1. The van der Waals surface area contributed by atoms with E-state index < -0.39 is 17.4 Å². The quantitative estimate of drug-likeness (QED) is 0.940. The topological polar surface area (TPSA) is 57.6 Å². The summed E-state index contributed by atoms with van der Waals surface area (Å²) in [5.74, 6) is -1.23. The Bertz CT molecular complexity index is 710. The lowest BCUT2D eigenvalue weighted by Gasteiger charge is -2.33. The highest BCUT2D eigenvalue weighted by Crippen LogP contribution is 2.31. The maximum Gasteiger partial charge on any atom is 0.326 e. The number of carbonyl (C=O) groups excluding carboxylic acids is 1. The summed E-state index contributed by atoms with van der Waals surface area (Å²) in [6.07, 6.45) is 0. The van der Waals surface area contributed by atoms with Crippen LogP contribution in [-0.4, -0.2) is 23.0 Å². The number of aliphatic carboxylic acids is 1. The fraction of sp³-hybridized carbons (Fsp3) is 0.333. The maximum absolute atomic E-state index is 12.8. The molecule has 0 aliphatic heterocycles. The summed E-state index contributed by atoms with van der Waals surface area (Å²) >= 11 is 0. The normalized spacial score (nSPS) is 12.9. The molecule has 0 spiro atoms. The van der Waals surface area contributed by atoms with Crippen LogP contribution < -0.4 is 4.90 Å². The molecule has 0 aliphatic rings. The van der Waals surface area contributed by atoms with Crippen molar-refractivity contribution in [2.24, 2.45) is 5.41 Å². The van der Waals surface area contributed by atoms with Crippen molar-refractivity contribution in [3.63, 3.8) is 0 Å². The molecule has 0 saturated heterocycles. The van der Waals surface area contributed by atoms with Crippen LogP contribution in [0.25, 0.3) is 10.8 Å². The molecular weight excluding hydrogens is 278 g/mol.